The molecular formula is C17H22N4O4. The molecule has 25 heavy (non-hydrogen) atoms. The Morgan fingerprint density at radius 1 is 1.40 bits per heavy atom. The first-order chi connectivity index (χ1) is 12.2. The fraction of sp³-hybridized carbons (Fsp3) is 0.471. The van der Waals surface area contributed by atoms with Gasteiger partial charge in [0.25, 0.3) is 5.56 Å². The van der Waals surface area contributed by atoms with Crippen molar-refractivity contribution in [3.63, 3.8) is 0 Å². The Balaban J connectivity index is 1.77. The molecule has 0 saturated carbocycles. The van der Waals surface area contributed by atoms with Gasteiger partial charge in [-0.3, -0.25) is 14.0 Å². The summed E-state index contributed by atoms with van der Waals surface area (Å²) in [6, 6.07) is 3.57. The average molecular weight is 346 g/mol. The molecule has 0 aliphatic heterocycles. The molecule has 0 bridgehead atoms. The lowest BCUT2D eigenvalue weighted by Crippen LogP contribution is -2.29. The highest BCUT2D eigenvalue weighted by atomic mass is 16.5. The average Bonchev–Trinajstić information content (AvgIpc) is 3.19. The molecule has 0 unspecified atom stereocenters. The number of nitrogens with zero attached hydrogens (tertiary/aromatic N) is 3. The molecule has 1 N–H and O–H groups in total. The van der Waals surface area contributed by atoms with Crippen molar-refractivity contribution in [1.82, 2.24) is 19.5 Å². The number of nitrogens with one attached hydrogen (secondary N) is 1. The number of rotatable bonds is 8. The van der Waals surface area contributed by atoms with Crippen molar-refractivity contribution in [3.05, 3.63) is 34.6 Å². The predicted molar refractivity (Wildman–Crippen MR) is 92.7 cm³/mol. The van der Waals surface area contributed by atoms with Crippen LogP contribution in [0.5, 0.6) is 0 Å². The van der Waals surface area contributed by atoms with Crippen LogP contribution in [0.25, 0.3) is 16.6 Å². The Kier molecular flexibility index (Phi) is 5.18. The van der Waals surface area contributed by atoms with Crippen molar-refractivity contribution in [3.8, 4) is 0 Å². The number of ether oxygens (including phenoxy) is 1. The molecule has 0 aromatic carbocycles. The van der Waals surface area contributed by atoms with Crippen molar-refractivity contribution in [2.24, 2.45) is 0 Å². The van der Waals surface area contributed by atoms with Crippen LogP contribution in [0.2, 0.25) is 0 Å². The van der Waals surface area contributed by atoms with Crippen molar-refractivity contribution in [1.29, 1.82) is 0 Å². The van der Waals surface area contributed by atoms with E-state index in [9.17, 15) is 9.59 Å². The summed E-state index contributed by atoms with van der Waals surface area (Å²) in [4.78, 5) is 24.4. The van der Waals surface area contributed by atoms with Gasteiger partial charge in [-0.1, -0.05) is 6.92 Å². The van der Waals surface area contributed by atoms with E-state index in [0.717, 1.165) is 11.3 Å². The van der Waals surface area contributed by atoms with Gasteiger partial charge in [0, 0.05) is 45.2 Å². The number of carbonyl (C=O) groups is 1. The van der Waals surface area contributed by atoms with Crippen LogP contribution in [0.15, 0.2) is 27.6 Å². The van der Waals surface area contributed by atoms with Gasteiger partial charge in [0.1, 0.15) is 11.3 Å². The van der Waals surface area contributed by atoms with Gasteiger partial charge in [0.15, 0.2) is 5.58 Å². The lowest BCUT2D eigenvalue weighted by Gasteiger charge is -2.10. The summed E-state index contributed by atoms with van der Waals surface area (Å²) in [6.45, 7) is 3.36. The molecule has 0 aliphatic rings. The molecule has 8 nitrogen and oxygen atoms in total. The zero-order valence-electron chi connectivity index (χ0n) is 14.4. The summed E-state index contributed by atoms with van der Waals surface area (Å²) in [7, 11) is 1.59. The lowest BCUT2D eigenvalue weighted by atomic mass is 10.3. The maximum absolute atomic E-state index is 12.7. The number of amides is 1. The number of methoxy groups -OCH3 is 1. The topological polar surface area (TPSA) is 90.8 Å². The number of fused-ring (bicyclic) bond motifs is 3. The third-order valence-electron chi connectivity index (χ3n) is 4.09. The second-order valence-corrected chi connectivity index (χ2v) is 5.78. The normalized spacial score (nSPS) is 11.4. The van der Waals surface area contributed by atoms with Gasteiger partial charge < -0.3 is 14.5 Å². The summed E-state index contributed by atoms with van der Waals surface area (Å²) in [5.41, 5.74) is 1.89. The maximum Gasteiger partial charge on any atom is 0.291 e. The van der Waals surface area contributed by atoms with Gasteiger partial charge in [0.2, 0.25) is 5.91 Å². The Morgan fingerprint density at radius 2 is 2.24 bits per heavy atom. The van der Waals surface area contributed by atoms with Crippen LogP contribution >= 0.6 is 0 Å². The highest BCUT2D eigenvalue weighted by molar-refractivity contribution is 5.82. The third-order valence-corrected chi connectivity index (χ3v) is 4.09. The van der Waals surface area contributed by atoms with Crippen molar-refractivity contribution in [2.45, 2.75) is 32.7 Å². The van der Waals surface area contributed by atoms with E-state index in [1.807, 2.05) is 17.4 Å². The maximum atomic E-state index is 12.7. The third kappa shape index (κ3) is 3.43. The zero-order valence-corrected chi connectivity index (χ0v) is 14.4. The molecular weight excluding hydrogens is 324 g/mol. The number of hydrogen-bond donors (Lipinski definition) is 1. The van der Waals surface area contributed by atoms with Crippen LogP contribution in [-0.2, 0) is 22.5 Å². The van der Waals surface area contributed by atoms with E-state index >= 15 is 0 Å². The zero-order chi connectivity index (χ0) is 17.8. The fourth-order valence-electron chi connectivity index (χ4n) is 2.87. The number of aryl methyl sites for hydroxylation is 2. The van der Waals surface area contributed by atoms with Crippen LogP contribution in [0.1, 0.15) is 25.6 Å². The van der Waals surface area contributed by atoms with Crippen molar-refractivity contribution in [2.75, 3.05) is 20.3 Å². The molecule has 0 atom stereocenters. The number of carbonyl (C=O) groups excluding carboxylic acids is 1. The second kappa shape index (κ2) is 7.52. The fourth-order valence-corrected chi connectivity index (χ4v) is 2.87. The molecule has 3 aromatic heterocycles. The summed E-state index contributed by atoms with van der Waals surface area (Å²) in [6.07, 6.45) is 3.17. The van der Waals surface area contributed by atoms with E-state index in [1.54, 1.807) is 19.4 Å². The standard InChI is InChI=1S/C17H22N4O4/c1-3-15-19-20(8-4-5-16(22)18-7-10-24-2)17(23)13-11-14-12(21(13)15)6-9-25-14/h6,9,11H,3-5,7-8,10H2,1-2H3,(H,18,22). The minimum atomic E-state index is -0.177. The first-order valence-electron chi connectivity index (χ1n) is 8.40. The molecule has 0 saturated heterocycles. The molecule has 0 radical (unpaired) electrons. The molecule has 1 amide bonds. The van der Waals surface area contributed by atoms with Crippen molar-refractivity contribution < 1.29 is 13.9 Å². The van der Waals surface area contributed by atoms with Crippen LogP contribution in [0.4, 0.5) is 0 Å². The number of hydrogen-bond acceptors (Lipinski definition) is 5. The molecule has 134 valence electrons. The highest BCUT2D eigenvalue weighted by Crippen LogP contribution is 2.20. The molecule has 3 heterocycles. The number of aromatic nitrogens is 3. The van der Waals surface area contributed by atoms with E-state index in [2.05, 4.69) is 10.4 Å². The van der Waals surface area contributed by atoms with Gasteiger partial charge in [-0.2, -0.15) is 5.10 Å². The Labute approximate surface area is 144 Å². The molecule has 0 aliphatic carbocycles. The summed E-state index contributed by atoms with van der Waals surface area (Å²) >= 11 is 0. The molecule has 0 fully saturated rings. The van der Waals surface area contributed by atoms with E-state index in [-0.39, 0.29) is 11.5 Å². The van der Waals surface area contributed by atoms with Crippen LogP contribution < -0.4 is 10.9 Å². The van der Waals surface area contributed by atoms with Crippen molar-refractivity contribution >= 4 is 22.5 Å². The van der Waals surface area contributed by atoms with E-state index in [0.29, 0.717) is 50.1 Å². The first-order valence-corrected chi connectivity index (χ1v) is 8.40. The predicted octanol–water partition coefficient (Wildman–Crippen LogP) is 1.35. The van der Waals surface area contributed by atoms with E-state index in [1.165, 1.54) is 4.68 Å². The molecule has 3 aromatic rings. The van der Waals surface area contributed by atoms with Gasteiger partial charge in [-0.15, -0.1) is 0 Å². The van der Waals surface area contributed by atoms with E-state index < -0.39 is 0 Å². The Bertz CT molecular complexity index is 937. The first kappa shape index (κ1) is 17.2. The summed E-state index contributed by atoms with van der Waals surface area (Å²) < 4.78 is 13.6. The van der Waals surface area contributed by atoms with E-state index in [4.69, 9.17) is 9.15 Å². The number of furan rings is 1. The van der Waals surface area contributed by atoms with Crippen LogP contribution in [0, 0.1) is 0 Å². The van der Waals surface area contributed by atoms with Gasteiger partial charge in [-0.05, 0) is 6.42 Å². The molecule has 8 heteroatoms. The smallest absolute Gasteiger partial charge is 0.291 e. The SMILES string of the molecule is CCc1nn(CCCC(=O)NCCOC)c(=O)c2cc3occc3n12. The summed E-state index contributed by atoms with van der Waals surface area (Å²) in [5.74, 6) is 0.734. The minimum absolute atomic E-state index is 0.0536. The van der Waals surface area contributed by atoms with Crippen LogP contribution in [-0.4, -0.2) is 40.3 Å². The largest absolute Gasteiger partial charge is 0.463 e. The quantitative estimate of drug-likeness (QED) is 0.622. The van der Waals surface area contributed by atoms with Gasteiger partial charge in [-0.25, -0.2) is 4.68 Å². The molecule has 3 rings (SSSR count). The summed E-state index contributed by atoms with van der Waals surface area (Å²) in [5, 5.41) is 7.23. The lowest BCUT2D eigenvalue weighted by molar-refractivity contribution is -0.121. The minimum Gasteiger partial charge on any atom is -0.463 e. The monoisotopic (exact) mass is 346 g/mol. The van der Waals surface area contributed by atoms with Gasteiger partial charge in [0.05, 0.1) is 18.4 Å². The highest BCUT2D eigenvalue weighted by Gasteiger charge is 2.15. The van der Waals surface area contributed by atoms with Gasteiger partial charge >= 0.3 is 0 Å². The second-order valence-electron chi connectivity index (χ2n) is 5.78. The van der Waals surface area contributed by atoms with Crippen LogP contribution in [0.3, 0.4) is 0 Å². The Morgan fingerprint density at radius 3 is 3.00 bits per heavy atom. The molecule has 0 spiro atoms. The Hall–Kier alpha value is -2.61.